The van der Waals surface area contributed by atoms with Crippen molar-refractivity contribution in [1.82, 2.24) is 5.32 Å². The second kappa shape index (κ2) is 6.74. The fourth-order valence-electron chi connectivity index (χ4n) is 1.41. The molecule has 1 rings (SSSR count). The Morgan fingerprint density at radius 2 is 2.35 bits per heavy atom. The molecule has 17 heavy (non-hydrogen) atoms. The zero-order valence-corrected chi connectivity index (χ0v) is 10.4. The van der Waals surface area contributed by atoms with Crippen LogP contribution in [-0.2, 0) is 11.2 Å². The number of nitrogens with one attached hydrogen (secondary N) is 1. The highest BCUT2D eigenvalue weighted by Gasteiger charge is 2.13. The van der Waals surface area contributed by atoms with Crippen LogP contribution in [0.1, 0.15) is 19.4 Å². The third-order valence-corrected chi connectivity index (χ3v) is 2.41. The van der Waals surface area contributed by atoms with Crippen molar-refractivity contribution in [3.63, 3.8) is 0 Å². The third-order valence-electron chi connectivity index (χ3n) is 2.41. The predicted molar refractivity (Wildman–Crippen MR) is 69.1 cm³/mol. The summed E-state index contributed by atoms with van der Waals surface area (Å²) in [6.07, 6.45) is 2.10. The molecule has 0 aliphatic heterocycles. The first-order valence-corrected chi connectivity index (χ1v) is 5.81. The topological polar surface area (TPSA) is 38.3 Å². The van der Waals surface area contributed by atoms with E-state index in [0.717, 1.165) is 12.2 Å². The van der Waals surface area contributed by atoms with Crippen molar-refractivity contribution < 1.29 is 9.53 Å². The van der Waals surface area contributed by atoms with Crippen LogP contribution in [0.4, 0.5) is 0 Å². The quantitative estimate of drug-likeness (QED) is 0.766. The molecule has 0 radical (unpaired) electrons. The van der Waals surface area contributed by atoms with E-state index in [4.69, 9.17) is 4.74 Å². The van der Waals surface area contributed by atoms with Gasteiger partial charge < -0.3 is 10.1 Å². The summed E-state index contributed by atoms with van der Waals surface area (Å²) in [5.74, 6) is 0.595. The maximum Gasteiger partial charge on any atom is 0.261 e. The highest BCUT2D eigenvalue weighted by Crippen LogP contribution is 2.15. The maximum absolute atomic E-state index is 11.6. The van der Waals surface area contributed by atoms with Gasteiger partial charge in [0, 0.05) is 6.54 Å². The predicted octanol–water partition coefficient (Wildman–Crippen LogP) is 2.32. The SMILES string of the molecule is C=CCNC(=O)C(C)Oc1cccc(CC)c1. The fourth-order valence-corrected chi connectivity index (χ4v) is 1.41. The first-order valence-electron chi connectivity index (χ1n) is 5.81. The number of hydrogen-bond acceptors (Lipinski definition) is 2. The zero-order chi connectivity index (χ0) is 12.7. The summed E-state index contributed by atoms with van der Waals surface area (Å²) in [6, 6.07) is 7.78. The molecule has 3 heteroatoms. The van der Waals surface area contributed by atoms with E-state index in [9.17, 15) is 4.79 Å². The van der Waals surface area contributed by atoms with E-state index in [1.165, 1.54) is 5.56 Å². The largest absolute Gasteiger partial charge is 0.481 e. The van der Waals surface area contributed by atoms with Crippen molar-refractivity contribution in [2.45, 2.75) is 26.4 Å². The fraction of sp³-hybridized carbons (Fsp3) is 0.357. The molecule has 0 aromatic heterocycles. The zero-order valence-electron chi connectivity index (χ0n) is 10.4. The van der Waals surface area contributed by atoms with Crippen molar-refractivity contribution in [3.8, 4) is 5.75 Å². The first kappa shape index (κ1) is 13.3. The Labute approximate surface area is 102 Å². The Kier molecular flexibility index (Phi) is 5.27. The molecule has 0 aliphatic carbocycles. The van der Waals surface area contributed by atoms with Crippen molar-refractivity contribution in [2.24, 2.45) is 0 Å². The summed E-state index contributed by atoms with van der Waals surface area (Å²) < 4.78 is 5.57. The highest BCUT2D eigenvalue weighted by atomic mass is 16.5. The summed E-state index contributed by atoms with van der Waals surface area (Å²) in [7, 11) is 0. The minimum atomic E-state index is -0.498. The van der Waals surface area contributed by atoms with E-state index in [1.807, 2.05) is 24.3 Å². The molecule has 92 valence electrons. The molecule has 1 amide bonds. The average Bonchev–Trinajstić information content (AvgIpc) is 2.36. The molecular weight excluding hydrogens is 214 g/mol. The lowest BCUT2D eigenvalue weighted by molar-refractivity contribution is -0.127. The number of aryl methyl sites for hydroxylation is 1. The summed E-state index contributed by atoms with van der Waals surface area (Å²) in [5, 5.41) is 2.70. The lowest BCUT2D eigenvalue weighted by atomic mass is 10.2. The van der Waals surface area contributed by atoms with Crippen LogP contribution in [0.5, 0.6) is 5.75 Å². The molecule has 0 saturated carbocycles. The first-order chi connectivity index (χ1) is 8.17. The number of carbonyl (C=O) groups excluding carboxylic acids is 1. The van der Waals surface area contributed by atoms with Crippen LogP contribution in [0, 0.1) is 0 Å². The van der Waals surface area contributed by atoms with Crippen LogP contribution >= 0.6 is 0 Å². The van der Waals surface area contributed by atoms with E-state index < -0.39 is 6.10 Å². The number of hydrogen-bond donors (Lipinski definition) is 1. The monoisotopic (exact) mass is 233 g/mol. The number of rotatable bonds is 6. The minimum absolute atomic E-state index is 0.133. The molecule has 0 heterocycles. The number of benzene rings is 1. The van der Waals surface area contributed by atoms with Gasteiger partial charge in [0.2, 0.25) is 0 Å². The van der Waals surface area contributed by atoms with Gasteiger partial charge in [-0.3, -0.25) is 4.79 Å². The second-order valence-electron chi connectivity index (χ2n) is 3.79. The molecule has 0 aliphatic rings. The minimum Gasteiger partial charge on any atom is -0.481 e. The summed E-state index contributed by atoms with van der Waals surface area (Å²) in [5.41, 5.74) is 1.20. The Hall–Kier alpha value is -1.77. The smallest absolute Gasteiger partial charge is 0.261 e. The second-order valence-corrected chi connectivity index (χ2v) is 3.79. The van der Waals surface area contributed by atoms with Crippen LogP contribution in [0.3, 0.4) is 0 Å². The van der Waals surface area contributed by atoms with Crippen LogP contribution < -0.4 is 10.1 Å². The van der Waals surface area contributed by atoms with Gasteiger partial charge in [0.25, 0.3) is 5.91 Å². The van der Waals surface area contributed by atoms with Gasteiger partial charge in [-0.05, 0) is 31.0 Å². The van der Waals surface area contributed by atoms with Gasteiger partial charge in [-0.2, -0.15) is 0 Å². The molecule has 1 atom stereocenters. The van der Waals surface area contributed by atoms with Gasteiger partial charge in [0.05, 0.1) is 0 Å². The Morgan fingerprint density at radius 1 is 1.59 bits per heavy atom. The van der Waals surface area contributed by atoms with Crippen molar-refractivity contribution in [1.29, 1.82) is 0 Å². The molecule has 1 N–H and O–H groups in total. The highest BCUT2D eigenvalue weighted by molar-refractivity contribution is 5.80. The van der Waals surface area contributed by atoms with E-state index >= 15 is 0 Å². The average molecular weight is 233 g/mol. The lowest BCUT2D eigenvalue weighted by Crippen LogP contribution is -2.36. The van der Waals surface area contributed by atoms with E-state index in [2.05, 4.69) is 18.8 Å². The lowest BCUT2D eigenvalue weighted by Gasteiger charge is -2.14. The Morgan fingerprint density at radius 3 is 3.00 bits per heavy atom. The van der Waals surface area contributed by atoms with Crippen LogP contribution in [0.15, 0.2) is 36.9 Å². The van der Waals surface area contributed by atoms with E-state index in [-0.39, 0.29) is 5.91 Å². The molecule has 0 saturated heterocycles. The maximum atomic E-state index is 11.6. The number of carbonyl (C=O) groups is 1. The van der Waals surface area contributed by atoms with Gasteiger partial charge >= 0.3 is 0 Å². The van der Waals surface area contributed by atoms with Gasteiger partial charge in [-0.25, -0.2) is 0 Å². The molecule has 0 bridgehead atoms. The number of amides is 1. The summed E-state index contributed by atoms with van der Waals surface area (Å²) >= 11 is 0. The summed E-state index contributed by atoms with van der Waals surface area (Å²) in [4.78, 5) is 11.6. The van der Waals surface area contributed by atoms with Crippen molar-refractivity contribution >= 4 is 5.91 Å². The molecule has 1 aromatic carbocycles. The van der Waals surface area contributed by atoms with Crippen molar-refractivity contribution in [3.05, 3.63) is 42.5 Å². The van der Waals surface area contributed by atoms with E-state index in [1.54, 1.807) is 13.0 Å². The molecule has 0 fully saturated rings. The molecule has 1 unspecified atom stereocenters. The molecule has 0 spiro atoms. The molecular formula is C14H19NO2. The molecule has 3 nitrogen and oxygen atoms in total. The van der Waals surface area contributed by atoms with Gasteiger partial charge in [0.15, 0.2) is 6.10 Å². The van der Waals surface area contributed by atoms with Gasteiger partial charge in [0.1, 0.15) is 5.75 Å². The molecule has 1 aromatic rings. The van der Waals surface area contributed by atoms with Crippen LogP contribution in [-0.4, -0.2) is 18.6 Å². The number of ether oxygens (including phenoxy) is 1. The van der Waals surface area contributed by atoms with E-state index in [0.29, 0.717) is 6.54 Å². The van der Waals surface area contributed by atoms with Gasteiger partial charge in [-0.15, -0.1) is 6.58 Å². The van der Waals surface area contributed by atoms with Crippen molar-refractivity contribution in [2.75, 3.05) is 6.54 Å². The summed E-state index contributed by atoms with van der Waals surface area (Å²) in [6.45, 7) is 7.82. The van der Waals surface area contributed by atoms with Gasteiger partial charge in [-0.1, -0.05) is 25.1 Å². The third kappa shape index (κ3) is 4.31. The normalized spacial score (nSPS) is 11.6. The standard InChI is InChI=1S/C14H19NO2/c1-4-9-15-14(16)11(3)17-13-8-6-7-12(5-2)10-13/h4,6-8,10-11H,1,5,9H2,2-3H3,(H,15,16). The Bertz CT molecular complexity index is 388. The van der Waals surface area contributed by atoms with Crippen LogP contribution in [0.2, 0.25) is 0 Å². The Balaban J connectivity index is 2.57. The van der Waals surface area contributed by atoms with Crippen LogP contribution in [0.25, 0.3) is 0 Å².